The Labute approximate surface area is 116 Å². The summed E-state index contributed by atoms with van der Waals surface area (Å²) < 4.78 is 43.7. The molecule has 3 N–H and O–H groups in total. The van der Waals surface area contributed by atoms with Crippen molar-refractivity contribution in [1.82, 2.24) is 9.80 Å². The summed E-state index contributed by atoms with van der Waals surface area (Å²) in [5, 5.41) is 7.12. The van der Waals surface area contributed by atoms with Crippen molar-refractivity contribution in [3.8, 4) is 0 Å². The summed E-state index contributed by atoms with van der Waals surface area (Å²) in [6.45, 7) is 4.09. The van der Waals surface area contributed by atoms with Crippen LogP contribution in [-0.4, -0.2) is 73.8 Å². The number of ether oxygens (including phenoxy) is 1. The molecule has 2 unspecified atom stereocenters. The predicted molar refractivity (Wildman–Crippen MR) is 68.7 cm³/mol. The number of nitrogens with two attached hydrogens (primary N) is 1. The molecule has 0 radical (unpaired) electrons. The summed E-state index contributed by atoms with van der Waals surface area (Å²) in [4.78, 5) is 4.04. The third kappa shape index (κ3) is 3.83. The van der Waals surface area contributed by atoms with Crippen LogP contribution in [0.1, 0.15) is 6.42 Å². The van der Waals surface area contributed by atoms with Crippen LogP contribution in [0.4, 0.5) is 13.2 Å². The average molecular weight is 294 g/mol. The van der Waals surface area contributed by atoms with E-state index >= 15 is 0 Å². The van der Waals surface area contributed by atoms with E-state index < -0.39 is 17.9 Å². The van der Waals surface area contributed by atoms with E-state index in [9.17, 15) is 13.2 Å². The van der Waals surface area contributed by atoms with E-state index in [1.165, 1.54) is 0 Å². The first-order valence-corrected chi connectivity index (χ1v) is 6.82. The van der Waals surface area contributed by atoms with Crippen LogP contribution >= 0.6 is 0 Å². The first-order valence-electron chi connectivity index (χ1n) is 6.82. The maximum atomic E-state index is 12.8. The standard InChI is InChI=1S/C12H21F3N4O/c13-12(14,15)10(11(16)17)8-18-2-1-9(7-18)19-3-5-20-6-4-19/h9-10H,1-8H2,(H3,16,17). The van der Waals surface area contributed by atoms with E-state index in [0.29, 0.717) is 32.3 Å². The minimum absolute atomic E-state index is 0.209. The Morgan fingerprint density at radius 2 is 1.95 bits per heavy atom. The molecule has 0 aromatic rings. The van der Waals surface area contributed by atoms with E-state index in [1.54, 1.807) is 4.90 Å². The van der Waals surface area contributed by atoms with Crippen LogP contribution in [0.5, 0.6) is 0 Å². The highest BCUT2D eigenvalue weighted by atomic mass is 19.4. The number of likely N-dealkylation sites (tertiary alicyclic amines) is 1. The van der Waals surface area contributed by atoms with Gasteiger partial charge in [0.15, 0.2) is 0 Å². The van der Waals surface area contributed by atoms with Gasteiger partial charge in [-0.3, -0.25) is 10.3 Å². The fraction of sp³-hybridized carbons (Fsp3) is 0.917. The van der Waals surface area contributed by atoms with Crippen molar-refractivity contribution in [2.75, 3.05) is 45.9 Å². The van der Waals surface area contributed by atoms with Crippen LogP contribution in [0.15, 0.2) is 0 Å². The third-order valence-corrected chi connectivity index (χ3v) is 4.02. The maximum absolute atomic E-state index is 12.8. The Morgan fingerprint density at radius 3 is 2.50 bits per heavy atom. The Kier molecular flexibility index (Phi) is 4.87. The average Bonchev–Trinajstić information content (AvgIpc) is 2.84. The molecule has 0 aliphatic carbocycles. The van der Waals surface area contributed by atoms with Gasteiger partial charge in [0.25, 0.3) is 0 Å². The first-order chi connectivity index (χ1) is 9.38. The lowest BCUT2D eigenvalue weighted by Gasteiger charge is -2.32. The van der Waals surface area contributed by atoms with Crippen molar-refractivity contribution >= 4 is 5.84 Å². The largest absolute Gasteiger partial charge is 0.399 e. The molecule has 2 aliphatic rings. The first kappa shape index (κ1) is 15.5. The summed E-state index contributed by atoms with van der Waals surface area (Å²) in [6.07, 6.45) is -3.58. The minimum atomic E-state index is -4.44. The summed E-state index contributed by atoms with van der Waals surface area (Å²) >= 11 is 0. The van der Waals surface area contributed by atoms with Gasteiger partial charge in [0.05, 0.1) is 13.2 Å². The number of alkyl halides is 3. The molecule has 2 aliphatic heterocycles. The van der Waals surface area contributed by atoms with E-state index in [4.69, 9.17) is 15.9 Å². The molecule has 2 heterocycles. The van der Waals surface area contributed by atoms with Crippen molar-refractivity contribution < 1.29 is 17.9 Å². The van der Waals surface area contributed by atoms with E-state index in [0.717, 1.165) is 19.5 Å². The molecule has 2 fully saturated rings. The maximum Gasteiger partial charge on any atom is 0.399 e. The number of rotatable bonds is 4. The van der Waals surface area contributed by atoms with Crippen molar-refractivity contribution in [3.63, 3.8) is 0 Å². The lowest BCUT2D eigenvalue weighted by Crippen LogP contribution is -2.46. The summed E-state index contributed by atoms with van der Waals surface area (Å²) in [5.74, 6) is -2.65. The van der Waals surface area contributed by atoms with Crippen molar-refractivity contribution in [3.05, 3.63) is 0 Å². The molecule has 0 aromatic carbocycles. The Balaban J connectivity index is 1.87. The monoisotopic (exact) mass is 294 g/mol. The van der Waals surface area contributed by atoms with Crippen molar-refractivity contribution in [1.29, 1.82) is 5.41 Å². The van der Waals surface area contributed by atoms with Crippen LogP contribution in [0.2, 0.25) is 0 Å². The summed E-state index contributed by atoms with van der Waals surface area (Å²) in [6, 6.07) is 0.291. The SMILES string of the molecule is N=C(N)C(CN1CCC(N2CCOCC2)C1)C(F)(F)F. The number of amidine groups is 1. The second-order valence-electron chi connectivity index (χ2n) is 5.40. The van der Waals surface area contributed by atoms with Gasteiger partial charge < -0.3 is 15.4 Å². The number of morpholine rings is 1. The molecule has 0 saturated carbocycles. The van der Waals surface area contributed by atoms with Crippen LogP contribution in [0.25, 0.3) is 0 Å². The Bertz CT molecular complexity index is 344. The normalized spacial score (nSPS) is 27.6. The summed E-state index contributed by atoms with van der Waals surface area (Å²) in [7, 11) is 0. The third-order valence-electron chi connectivity index (χ3n) is 4.02. The van der Waals surface area contributed by atoms with Crippen LogP contribution in [0.3, 0.4) is 0 Å². The van der Waals surface area contributed by atoms with Crippen LogP contribution < -0.4 is 5.73 Å². The van der Waals surface area contributed by atoms with Gasteiger partial charge in [-0.05, 0) is 13.0 Å². The fourth-order valence-corrected chi connectivity index (χ4v) is 2.86. The molecular formula is C12H21F3N4O. The van der Waals surface area contributed by atoms with Gasteiger partial charge in [0.1, 0.15) is 11.8 Å². The van der Waals surface area contributed by atoms with Crippen LogP contribution in [-0.2, 0) is 4.74 Å². The van der Waals surface area contributed by atoms with Gasteiger partial charge in [0, 0.05) is 32.2 Å². The topological polar surface area (TPSA) is 65.6 Å². The van der Waals surface area contributed by atoms with Gasteiger partial charge in [-0.25, -0.2) is 0 Å². The van der Waals surface area contributed by atoms with E-state index in [2.05, 4.69) is 4.90 Å². The second-order valence-corrected chi connectivity index (χ2v) is 5.40. The van der Waals surface area contributed by atoms with Gasteiger partial charge in [-0.15, -0.1) is 0 Å². The van der Waals surface area contributed by atoms with Gasteiger partial charge in [-0.1, -0.05) is 0 Å². The molecule has 20 heavy (non-hydrogen) atoms. The van der Waals surface area contributed by atoms with E-state index in [1.807, 2.05) is 0 Å². The zero-order chi connectivity index (χ0) is 14.8. The highest BCUT2D eigenvalue weighted by molar-refractivity contribution is 5.80. The van der Waals surface area contributed by atoms with Crippen molar-refractivity contribution in [2.45, 2.75) is 18.6 Å². The molecule has 2 saturated heterocycles. The number of hydrogen-bond acceptors (Lipinski definition) is 4. The molecule has 116 valence electrons. The second kappa shape index (κ2) is 6.28. The number of nitrogens with zero attached hydrogens (tertiary/aromatic N) is 2. The molecule has 2 atom stereocenters. The lowest BCUT2D eigenvalue weighted by molar-refractivity contribution is -0.159. The minimum Gasteiger partial charge on any atom is -0.387 e. The fourth-order valence-electron chi connectivity index (χ4n) is 2.86. The molecule has 2 rings (SSSR count). The predicted octanol–water partition coefficient (Wildman–Crippen LogP) is 0.507. The van der Waals surface area contributed by atoms with E-state index in [-0.39, 0.29) is 6.54 Å². The molecular weight excluding hydrogens is 273 g/mol. The molecule has 0 bridgehead atoms. The smallest absolute Gasteiger partial charge is 0.387 e. The zero-order valence-electron chi connectivity index (χ0n) is 11.3. The highest BCUT2D eigenvalue weighted by Crippen LogP contribution is 2.28. The Hall–Kier alpha value is -0.860. The number of hydrogen-bond donors (Lipinski definition) is 2. The lowest BCUT2D eigenvalue weighted by atomic mass is 10.1. The number of halogens is 3. The van der Waals surface area contributed by atoms with Gasteiger partial charge in [0.2, 0.25) is 0 Å². The molecule has 0 amide bonds. The van der Waals surface area contributed by atoms with Crippen molar-refractivity contribution in [2.24, 2.45) is 11.7 Å². The zero-order valence-corrected chi connectivity index (χ0v) is 11.3. The Morgan fingerprint density at radius 1 is 1.30 bits per heavy atom. The summed E-state index contributed by atoms with van der Waals surface area (Å²) in [5.41, 5.74) is 5.09. The molecule has 5 nitrogen and oxygen atoms in total. The molecule has 0 aromatic heterocycles. The number of nitrogens with one attached hydrogen (secondary N) is 1. The highest BCUT2D eigenvalue weighted by Gasteiger charge is 2.44. The van der Waals surface area contributed by atoms with Gasteiger partial charge in [-0.2, -0.15) is 13.2 Å². The van der Waals surface area contributed by atoms with Gasteiger partial charge >= 0.3 is 6.18 Å². The molecule has 0 spiro atoms. The molecule has 8 heteroatoms. The quantitative estimate of drug-likeness (QED) is 0.585. The van der Waals surface area contributed by atoms with Crippen LogP contribution in [0, 0.1) is 11.3 Å².